The Balaban J connectivity index is 1.78. The van der Waals surface area contributed by atoms with Crippen LogP contribution in [-0.2, 0) is 16.0 Å². The summed E-state index contributed by atoms with van der Waals surface area (Å²) >= 11 is 1.41. The highest BCUT2D eigenvalue weighted by Crippen LogP contribution is 2.32. The number of para-hydroxylation sites is 1. The maximum Gasteiger partial charge on any atom is 0.244 e. The van der Waals surface area contributed by atoms with Gasteiger partial charge in [0.2, 0.25) is 11.8 Å². The Hall–Kier alpha value is -3.26. The second-order valence-corrected chi connectivity index (χ2v) is 7.47. The summed E-state index contributed by atoms with van der Waals surface area (Å²) in [5.74, 6) is -0.861. The summed E-state index contributed by atoms with van der Waals surface area (Å²) in [6.07, 6.45) is -0.0110. The predicted octanol–water partition coefficient (Wildman–Crippen LogP) is 3.58. The summed E-state index contributed by atoms with van der Waals surface area (Å²) in [6, 6.07) is 12.0. The van der Waals surface area contributed by atoms with Crippen molar-refractivity contribution in [3.05, 3.63) is 71.0 Å². The van der Waals surface area contributed by atoms with Crippen LogP contribution < -0.4 is 10.5 Å². The fourth-order valence-electron chi connectivity index (χ4n) is 3.12. The van der Waals surface area contributed by atoms with E-state index in [4.69, 9.17) is 10.5 Å². The minimum absolute atomic E-state index is 0.0110. The molecule has 1 unspecified atom stereocenters. The van der Waals surface area contributed by atoms with Gasteiger partial charge in [-0.15, -0.1) is 11.3 Å². The van der Waals surface area contributed by atoms with Crippen molar-refractivity contribution in [3.63, 3.8) is 0 Å². The zero-order valence-corrected chi connectivity index (χ0v) is 17.5. The van der Waals surface area contributed by atoms with Crippen LogP contribution in [0.15, 0.2) is 53.9 Å². The molecule has 156 valence electrons. The average molecular weight is 428 g/mol. The van der Waals surface area contributed by atoms with Gasteiger partial charge in [0.25, 0.3) is 0 Å². The van der Waals surface area contributed by atoms with Crippen molar-refractivity contribution < 1.29 is 18.7 Å². The normalized spacial score (nSPS) is 11.7. The third-order valence-corrected chi connectivity index (χ3v) is 5.44. The van der Waals surface area contributed by atoms with Crippen LogP contribution in [-0.4, -0.2) is 35.4 Å². The summed E-state index contributed by atoms with van der Waals surface area (Å²) in [6.45, 7) is 2.44. The van der Waals surface area contributed by atoms with Gasteiger partial charge in [-0.3, -0.25) is 9.59 Å². The van der Waals surface area contributed by atoms with Gasteiger partial charge in [-0.2, -0.15) is 0 Å². The smallest absolute Gasteiger partial charge is 0.244 e. The molecular weight excluding hydrogens is 405 g/mol. The van der Waals surface area contributed by atoms with E-state index in [0.29, 0.717) is 17.9 Å². The highest BCUT2D eigenvalue weighted by Gasteiger charge is 2.27. The lowest BCUT2D eigenvalue weighted by atomic mass is 10.0. The molecule has 0 saturated carbocycles. The number of rotatable bonds is 8. The van der Waals surface area contributed by atoms with Crippen LogP contribution in [0.2, 0.25) is 0 Å². The average Bonchev–Trinajstić information content (AvgIpc) is 3.17. The third-order valence-electron chi connectivity index (χ3n) is 4.52. The lowest BCUT2D eigenvalue weighted by Crippen LogP contribution is -2.40. The number of carbonyl (C=O) groups is 2. The van der Waals surface area contributed by atoms with Gasteiger partial charge in [0.15, 0.2) is 0 Å². The summed E-state index contributed by atoms with van der Waals surface area (Å²) in [5.41, 5.74) is 7.24. The molecule has 1 atom stereocenters. The predicted molar refractivity (Wildman–Crippen MR) is 114 cm³/mol. The molecule has 6 nitrogen and oxygen atoms in total. The largest absolute Gasteiger partial charge is 0.493 e. The second kappa shape index (κ2) is 9.49. The summed E-state index contributed by atoms with van der Waals surface area (Å²) in [5, 5.41) is 2.53. The SMILES string of the molecule is CCOc1ccccc1-c1nc(CC(=O)N(C)C(C(N)=O)c2cccc(F)c2)cs1. The first-order valence-electron chi connectivity index (χ1n) is 9.37. The van der Waals surface area contributed by atoms with E-state index >= 15 is 0 Å². The molecular formula is C22H22FN3O3S. The van der Waals surface area contributed by atoms with E-state index in [9.17, 15) is 14.0 Å². The lowest BCUT2D eigenvalue weighted by molar-refractivity contribution is -0.137. The van der Waals surface area contributed by atoms with Gasteiger partial charge in [0.05, 0.1) is 24.3 Å². The van der Waals surface area contributed by atoms with Crippen molar-refractivity contribution in [3.8, 4) is 16.3 Å². The van der Waals surface area contributed by atoms with Crippen molar-refractivity contribution in [2.75, 3.05) is 13.7 Å². The van der Waals surface area contributed by atoms with Crippen LogP contribution in [0.25, 0.3) is 10.6 Å². The van der Waals surface area contributed by atoms with Crippen LogP contribution in [0.5, 0.6) is 5.75 Å². The van der Waals surface area contributed by atoms with E-state index in [1.165, 1.54) is 41.5 Å². The van der Waals surface area contributed by atoms with Crippen molar-refractivity contribution >= 4 is 23.2 Å². The molecule has 30 heavy (non-hydrogen) atoms. The molecule has 1 aromatic heterocycles. The molecule has 2 aromatic carbocycles. The molecule has 3 aromatic rings. The van der Waals surface area contributed by atoms with Crippen molar-refractivity contribution in [2.45, 2.75) is 19.4 Å². The number of thiazole rings is 1. The van der Waals surface area contributed by atoms with Gasteiger partial charge in [-0.1, -0.05) is 24.3 Å². The Labute approximate surface area is 178 Å². The molecule has 1 heterocycles. The first kappa shape index (κ1) is 21.4. The molecule has 2 N–H and O–H groups in total. The molecule has 0 saturated heterocycles. The van der Waals surface area contributed by atoms with E-state index in [0.717, 1.165) is 16.3 Å². The summed E-state index contributed by atoms with van der Waals surface area (Å²) < 4.78 is 19.2. The minimum atomic E-state index is -1.06. The Morgan fingerprint density at radius 1 is 1.23 bits per heavy atom. The summed E-state index contributed by atoms with van der Waals surface area (Å²) in [4.78, 5) is 30.6. The maximum absolute atomic E-state index is 13.6. The van der Waals surface area contributed by atoms with Crippen LogP contribution >= 0.6 is 11.3 Å². The number of carbonyl (C=O) groups excluding carboxylic acids is 2. The highest BCUT2D eigenvalue weighted by molar-refractivity contribution is 7.13. The molecule has 8 heteroatoms. The molecule has 0 bridgehead atoms. The van der Waals surface area contributed by atoms with Crippen molar-refractivity contribution in [2.24, 2.45) is 5.73 Å². The van der Waals surface area contributed by atoms with Gasteiger partial charge in [0, 0.05) is 12.4 Å². The quantitative estimate of drug-likeness (QED) is 0.595. The monoisotopic (exact) mass is 427 g/mol. The molecule has 0 fully saturated rings. The number of likely N-dealkylation sites (N-methyl/N-ethyl adjacent to an activating group) is 1. The van der Waals surface area contributed by atoms with Crippen LogP contribution in [0, 0.1) is 5.82 Å². The second-order valence-electron chi connectivity index (χ2n) is 6.61. The summed E-state index contributed by atoms with van der Waals surface area (Å²) in [7, 11) is 1.47. The zero-order chi connectivity index (χ0) is 21.7. The molecule has 3 rings (SSSR count). The van der Waals surface area contributed by atoms with E-state index < -0.39 is 17.8 Å². The number of ether oxygens (including phenoxy) is 1. The third kappa shape index (κ3) is 4.83. The number of primary amides is 1. The number of aromatic nitrogens is 1. The number of hydrogen-bond acceptors (Lipinski definition) is 5. The topological polar surface area (TPSA) is 85.5 Å². The standard InChI is InChI=1S/C22H22FN3O3S/c1-3-29-18-10-5-4-9-17(18)22-25-16(13-30-22)12-19(27)26(2)20(21(24)28)14-7-6-8-15(23)11-14/h4-11,13,20H,3,12H2,1-2H3,(H2,24,28). The molecule has 2 amide bonds. The minimum Gasteiger partial charge on any atom is -0.493 e. The van der Waals surface area contributed by atoms with Crippen LogP contribution in [0.3, 0.4) is 0 Å². The van der Waals surface area contributed by atoms with Crippen molar-refractivity contribution in [1.29, 1.82) is 0 Å². The maximum atomic E-state index is 13.6. The van der Waals surface area contributed by atoms with E-state index in [2.05, 4.69) is 4.98 Å². The highest BCUT2D eigenvalue weighted by atomic mass is 32.1. The van der Waals surface area contributed by atoms with Crippen LogP contribution in [0.1, 0.15) is 24.2 Å². The number of hydrogen-bond donors (Lipinski definition) is 1. The molecule has 0 aliphatic carbocycles. The molecule has 0 radical (unpaired) electrons. The molecule has 0 aliphatic heterocycles. The van der Waals surface area contributed by atoms with E-state index in [1.807, 2.05) is 31.2 Å². The van der Waals surface area contributed by atoms with E-state index in [1.54, 1.807) is 11.4 Å². The number of nitrogens with two attached hydrogens (primary N) is 1. The lowest BCUT2D eigenvalue weighted by Gasteiger charge is -2.26. The van der Waals surface area contributed by atoms with Crippen LogP contribution in [0.4, 0.5) is 4.39 Å². The van der Waals surface area contributed by atoms with Gasteiger partial charge >= 0.3 is 0 Å². The van der Waals surface area contributed by atoms with Crippen molar-refractivity contribution in [1.82, 2.24) is 9.88 Å². The Kier molecular flexibility index (Phi) is 6.79. The number of benzene rings is 2. The zero-order valence-electron chi connectivity index (χ0n) is 16.7. The van der Waals surface area contributed by atoms with Gasteiger partial charge in [-0.25, -0.2) is 9.37 Å². The Morgan fingerprint density at radius 2 is 2.00 bits per heavy atom. The number of nitrogens with zero attached hydrogens (tertiary/aromatic N) is 2. The first-order valence-corrected chi connectivity index (χ1v) is 10.3. The number of amides is 2. The molecule has 0 aliphatic rings. The van der Waals surface area contributed by atoms with Gasteiger partial charge < -0.3 is 15.4 Å². The molecule has 0 spiro atoms. The van der Waals surface area contributed by atoms with E-state index in [-0.39, 0.29) is 12.3 Å². The first-order chi connectivity index (χ1) is 14.4. The van der Waals surface area contributed by atoms with Gasteiger partial charge in [0.1, 0.15) is 22.6 Å². The fourth-order valence-corrected chi connectivity index (χ4v) is 3.96. The van der Waals surface area contributed by atoms with Gasteiger partial charge in [-0.05, 0) is 36.8 Å². The number of halogens is 1. The fraction of sp³-hybridized carbons (Fsp3) is 0.227. The Bertz CT molecular complexity index is 1050. The Morgan fingerprint density at radius 3 is 2.70 bits per heavy atom.